The van der Waals surface area contributed by atoms with Crippen molar-refractivity contribution in [1.82, 2.24) is 0 Å². The Morgan fingerprint density at radius 1 is 0.847 bits per heavy atom. The van der Waals surface area contributed by atoms with Gasteiger partial charge in [-0.2, -0.15) is 4.33 Å². The smallest absolute Gasteiger partial charge is 0.744 e. The monoisotopic (exact) mass is 937 g/mol. The van der Waals surface area contributed by atoms with Crippen LogP contribution in [0.3, 0.4) is 0 Å². The van der Waals surface area contributed by atoms with Crippen molar-refractivity contribution in [3.05, 3.63) is 53.6 Å². The van der Waals surface area contributed by atoms with Crippen molar-refractivity contribution in [3.8, 4) is 17.2 Å². The van der Waals surface area contributed by atoms with Crippen molar-refractivity contribution >= 4 is 89.5 Å². The number of nitrogens with zero attached hydrogens (tertiary/aromatic N) is 4. The van der Waals surface area contributed by atoms with Gasteiger partial charge in [0.2, 0.25) is 0 Å². The summed E-state index contributed by atoms with van der Waals surface area (Å²) in [7, 11) is -6.82. The van der Waals surface area contributed by atoms with Crippen LogP contribution in [0.15, 0.2) is 77.6 Å². The van der Waals surface area contributed by atoms with E-state index >= 15 is 0 Å². The number of carboxylic acid groups (broad SMARTS) is 1. The topological polar surface area (TPSA) is 338 Å². The second-order valence-electron chi connectivity index (χ2n) is 10.2. The van der Waals surface area contributed by atoms with Gasteiger partial charge in [0.25, 0.3) is 0 Å². The van der Waals surface area contributed by atoms with Crippen LogP contribution in [0, 0.1) is 6.92 Å². The van der Waals surface area contributed by atoms with Crippen LogP contribution in [-0.2, 0) is 42.9 Å². The third-order valence-corrected chi connectivity index (χ3v) is 10.5. The Morgan fingerprint density at radius 3 is 2.03 bits per heavy atom. The largest absolute Gasteiger partial charge is 1.00 e. The van der Waals surface area contributed by atoms with Crippen LogP contribution in [0.25, 0.3) is 10.8 Å². The fraction of sp³-hybridized carbons (Fsp3) is 0.207. The average Bonchev–Trinajstić information content (AvgIpc) is 3.12. The molecule has 0 bridgehead atoms. The van der Waals surface area contributed by atoms with E-state index in [9.17, 15) is 46.9 Å². The molecule has 0 aliphatic rings. The average molecular weight is 938 g/mol. The number of nitrogen functional groups attached to an aromatic ring is 1. The summed E-state index contributed by atoms with van der Waals surface area (Å²) in [5.74, 6) is -2.87. The van der Waals surface area contributed by atoms with E-state index in [0.717, 1.165) is 30.3 Å². The van der Waals surface area contributed by atoms with E-state index in [4.69, 9.17) is 19.4 Å². The maximum absolute atomic E-state index is 12.9. The molecule has 3 N–H and O–H groups in total. The van der Waals surface area contributed by atoms with Crippen LogP contribution in [0.2, 0.25) is 0 Å². The fourth-order valence-corrected chi connectivity index (χ4v) is 7.20. The number of carbonyl (C=O) groups is 1. The van der Waals surface area contributed by atoms with Gasteiger partial charge >= 0.3 is 118 Å². The number of aromatic carboxylic acids is 1. The molecule has 0 spiro atoms. The summed E-state index contributed by atoms with van der Waals surface area (Å²) in [5.41, 5.74) is 3.77. The number of azo groups is 2. The number of nitrogens with two attached hydrogens (primary N) is 1. The van der Waals surface area contributed by atoms with Crippen LogP contribution < -0.4 is 149 Å². The summed E-state index contributed by atoms with van der Waals surface area (Å²) >= 11 is 0.183. The molecule has 298 valence electrons. The molecule has 0 aliphatic heterocycles. The normalized spacial score (nSPS) is 11.2. The Bertz CT molecular complexity index is 2360. The van der Waals surface area contributed by atoms with Crippen molar-refractivity contribution in [2.45, 2.75) is 29.0 Å². The number of carboxylic acids is 1. The van der Waals surface area contributed by atoms with Crippen LogP contribution in [0.5, 0.6) is 17.2 Å². The zero-order valence-corrected chi connectivity index (χ0v) is 42.7. The second kappa shape index (κ2) is 27.5. The van der Waals surface area contributed by atoms with Gasteiger partial charge in [-0.25, -0.2) is 16.8 Å². The molecular formula is C29H27N5Na4O17S4. The number of methoxy groups -OCH3 is 2. The van der Waals surface area contributed by atoms with Crippen molar-refractivity contribution in [1.29, 1.82) is 0 Å². The predicted molar refractivity (Wildman–Crippen MR) is 184 cm³/mol. The van der Waals surface area contributed by atoms with E-state index < -0.39 is 82.1 Å². The first-order valence-electron chi connectivity index (χ1n) is 14.2. The minimum atomic E-state index is -5.35. The molecule has 4 aromatic rings. The van der Waals surface area contributed by atoms with E-state index in [1.165, 1.54) is 20.3 Å². The molecule has 0 radical (unpaired) electrons. The molecule has 0 fully saturated rings. The zero-order valence-electron chi connectivity index (χ0n) is 31.4. The number of hydrogen-bond donors (Lipinski definition) is 2. The molecule has 22 nitrogen and oxygen atoms in total. The van der Waals surface area contributed by atoms with Crippen LogP contribution in [-0.4, -0.2) is 59.0 Å². The number of carbonyl (C=O) groups excluding carboxylic acids is 1. The first-order chi connectivity index (χ1) is 25.6. The van der Waals surface area contributed by atoms with Crippen molar-refractivity contribution in [3.63, 3.8) is 0 Å². The Hall–Kier alpha value is -0.710. The molecular weight excluding hydrogens is 911 g/mol. The summed E-state index contributed by atoms with van der Waals surface area (Å²) < 4.78 is 86.5. The van der Waals surface area contributed by atoms with Crippen molar-refractivity contribution in [2.75, 3.05) is 32.3 Å². The summed E-state index contributed by atoms with van der Waals surface area (Å²) in [6, 6.07) is 7.39. The van der Waals surface area contributed by atoms with E-state index in [-0.39, 0.29) is 177 Å². The number of anilines is 1. The molecule has 0 saturated carbocycles. The van der Waals surface area contributed by atoms with Crippen LogP contribution in [0.1, 0.15) is 23.3 Å². The Balaban J connectivity index is 0. The summed E-state index contributed by atoms with van der Waals surface area (Å²) in [6.45, 7) is 1.21. The molecule has 0 heterocycles. The van der Waals surface area contributed by atoms with Crippen LogP contribution >= 0.6 is 24.4 Å². The quantitative estimate of drug-likeness (QED) is 0.0137. The first kappa shape index (κ1) is 60.4. The number of rotatable bonds is 18. The number of ether oxygens (including phenoxy) is 2. The molecule has 0 atom stereocenters. The third-order valence-electron chi connectivity index (χ3n) is 7.03. The summed E-state index contributed by atoms with van der Waals surface area (Å²) in [6.07, 6.45) is 0. The number of aryl methyl sites for hydroxylation is 1. The second-order valence-corrected chi connectivity index (χ2v) is 14.9. The zero-order chi connectivity index (χ0) is 39.8. The van der Waals surface area contributed by atoms with E-state index in [1.807, 2.05) is 0 Å². The van der Waals surface area contributed by atoms with Crippen LogP contribution in [0.4, 0.5) is 28.4 Å². The van der Waals surface area contributed by atoms with Gasteiger partial charge in [0.1, 0.15) is 38.7 Å². The molecule has 0 unspecified atom stereocenters. The molecule has 30 heteroatoms. The van der Waals surface area contributed by atoms with Gasteiger partial charge < -0.3 is 45.3 Å². The number of fused-ring (bicyclic) bond motifs is 1. The number of hydrogen-bond acceptors (Lipinski definition) is 24. The van der Waals surface area contributed by atoms with E-state index in [1.54, 1.807) is 13.0 Å². The van der Waals surface area contributed by atoms with Gasteiger partial charge in [-0.1, -0.05) is 7.43 Å². The molecule has 0 aromatic heterocycles. The van der Waals surface area contributed by atoms with Gasteiger partial charge in [0.05, 0.1) is 76.0 Å². The van der Waals surface area contributed by atoms with E-state index in [0.29, 0.717) is 11.3 Å². The SMILES string of the molecule is C.COc1cc(N=Nc2c(S(=O)(=O)[O-])cc3cc(SOO[O-])c(N=Nc4cc(S(=O)(=O)CCOSOO[O-])ccc4C(=O)[O-])c(O)c3c2N)c(OC)cc1C.[Na+].[Na+].[Na+].[Na+]. The van der Waals surface area contributed by atoms with E-state index in [2.05, 4.69) is 39.2 Å². The minimum absolute atomic E-state index is 0. The number of benzene rings is 4. The van der Waals surface area contributed by atoms with Gasteiger partial charge in [0.15, 0.2) is 27.9 Å². The molecule has 0 aliphatic carbocycles. The Morgan fingerprint density at radius 2 is 1.46 bits per heavy atom. The van der Waals surface area contributed by atoms with Gasteiger partial charge in [-0.15, -0.1) is 24.8 Å². The first-order valence-corrected chi connectivity index (χ1v) is 18.6. The van der Waals surface area contributed by atoms with Gasteiger partial charge in [-0.3, -0.25) is 14.3 Å². The van der Waals surface area contributed by atoms with Crippen molar-refractivity contribution in [2.24, 2.45) is 20.5 Å². The number of phenolic OH excluding ortho intramolecular Hbond substituents is 1. The van der Waals surface area contributed by atoms with Gasteiger partial charge in [-0.05, 0) is 54.3 Å². The summed E-state index contributed by atoms with van der Waals surface area (Å²) in [5, 5.41) is 65.2. The summed E-state index contributed by atoms with van der Waals surface area (Å²) in [4.78, 5) is 10.1. The Kier molecular flexibility index (Phi) is 28.1. The third kappa shape index (κ3) is 15.5. The molecule has 0 saturated heterocycles. The number of sulfone groups is 1. The number of phenols is 1. The maximum atomic E-state index is 12.9. The van der Waals surface area contributed by atoms with Crippen molar-refractivity contribution < 1.29 is 198 Å². The number of aromatic hydroxyl groups is 1. The van der Waals surface area contributed by atoms with Gasteiger partial charge in [0, 0.05) is 11.6 Å². The molecule has 0 amide bonds. The molecule has 4 rings (SSSR count). The Labute approximate surface area is 434 Å². The molecule has 4 aromatic carbocycles. The molecule has 59 heavy (non-hydrogen) atoms. The maximum Gasteiger partial charge on any atom is 1.00 e. The standard InChI is InChI=1S/C28H27N5O17S4.CH4.4Na/c1-13-8-20(45-3)18(12-19(13)44-2)31-33-26-22(54(41,42)43)10-14-9-21(51-49-47-37)25(27(34)23(14)24(26)29)32-30-17-11-15(4-5-16(17)28(35)36)53(39,40)7-6-46-52-50-48-38;;;;;/h4-5,8-12,34,37-38H,6-7,29H2,1-3H3,(H,35,36)(H,41,42,43);1H4;;;;/q;;4*+1/p-4. The minimum Gasteiger partial charge on any atom is -0.744 e. The fourth-order valence-electron chi connectivity index (χ4n) is 4.62. The predicted octanol–water partition coefficient (Wildman–Crippen LogP) is -8.99.